The fourth-order valence-corrected chi connectivity index (χ4v) is 3.52. The number of nitrogens with zero attached hydrogens (tertiary/aromatic N) is 1. The smallest absolute Gasteiger partial charge is 0.267 e. The molecule has 0 saturated carbocycles. The van der Waals surface area contributed by atoms with E-state index in [1.807, 2.05) is 37.3 Å². The maximum Gasteiger partial charge on any atom is 0.267 e. The lowest BCUT2D eigenvalue weighted by Gasteiger charge is -2.07. The summed E-state index contributed by atoms with van der Waals surface area (Å²) in [6.07, 6.45) is 0.924. The first-order valence-corrected chi connectivity index (χ1v) is 9.16. The van der Waals surface area contributed by atoms with E-state index in [1.54, 1.807) is 12.1 Å². The van der Waals surface area contributed by atoms with Crippen molar-refractivity contribution in [2.24, 2.45) is 0 Å². The van der Waals surface area contributed by atoms with E-state index in [1.165, 1.54) is 16.9 Å². The van der Waals surface area contributed by atoms with Gasteiger partial charge in [0, 0.05) is 5.69 Å². The summed E-state index contributed by atoms with van der Waals surface area (Å²) >= 11 is 7.43. The molecular weight excluding hydrogens is 354 g/mol. The lowest BCUT2D eigenvalue weighted by atomic mass is 10.1. The molecule has 0 aliphatic carbocycles. The van der Waals surface area contributed by atoms with Crippen molar-refractivity contribution in [1.29, 1.82) is 0 Å². The van der Waals surface area contributed by atoms with Crippen LogP contribution in [0.15, 0.2) is 48.5 Å². The van der Waals surface area contributed by atoms with Gasteiger partial charge in [-0.25, -0.2) is 4.98 Å². The van der Waals surface area contributed by atoms with Crippen LogP contribution in [-0.2, 0) is 6.42 Å². The normalized spacial score (nSPS) is 10.5. The molecule has 0 saturated heterocycles. The Morgan fingerprint density at radius 2 is 1.80 bits per heavy atom. The molecule has 4 nitrogen and oxygen atoms in total. The first-order valence-electron chi connectivity index (χ1n) is 7.96. The van der Waals surface area contributed by atoms with Crippen LogP contribution in [-0.4, -0.2) is 10.9 Å². The van der Waals surface area contributed by atoms with Crippen molar-refractivity contribution in [3.63, 3.8) is 0 Å². The molecule has 2 aromatic carbocycles. The van der Waals surface area contributed by atoms with Gasteiger partial charge >= 0.3 is 0 Å². The van der Waals surface area contributed by atoms with Gasteiger partial charge in [0.25, 0.3) is 5.91 Å². The number of anilines is 3. The lowest BCUT2D eigenvalue weighted by Crippen LogP contribution is -2.11. The molecule has 0 radical (unpaired) electrons. The summed E-state index contributed by atoms with van der Waals surface area (Å²) in [6.45, 7) is 3.94. The van der Waals surface area contributed by atoms with Gasteiger partial charge in [-0.1, -0.05) is 60.2 Å². The second kappa shape index (κ2) is 7.68. The minimum atomic E-state index is -0.208. The molecule has 0 aliphatic rings. The average Bonchev–Trinajstić information content (AvgIpc) is 2.98. The van der Waals surface area contributed by atoms with Gasteiger partial charge in [-0.15, -0.1) is 0 Å². The van der Waals surface area contributed by atoms with E-state index in [2.05, 4.69) is 28.6 Å². The maximum absolute atomic E-state index is 12.5. The number of hydrogen-bond acceptors (Lipinski definition) is 4. The second-order valence-electron chi connectivity index (χ2n) is 5.50. The SMILES string of the molecule is CCc1ccccc1Nc1nc(C)c(C(=O)Nc2ccccc2Cl)s1. The van der Waals surface area contributed by atoms with Crippen molar-refractivity contribution >= 4 is 45.4 Å². The van der Waals surface area contributed by atoms with Gasteiger partial charge < -0.3 is 10.6 Å². The molecule has 25 heavy (non-hydrogen) atoms. The Labute approximate surface area is 155 Å². The Kier molecular flexibility index (Phi) is 5.36. The number of para-hydroxylation sites is 2. The molecule has 0 spiro atoms. The van der Waals surface area contributed by atoms with Crippen LogP contribution in [0.25, 0.3) is 0 Å². The highest BCUT2D eigenvalue weighted by Gasteiger charge is 2.17. The Morgan fingerprint density at radius 1 is 1.12 bits per heavy atom. The first kappa shape index (κ1) is 17.5. The predicted molar refractivity (Wildman–Crippen MR) is 105 cm³/mol. The van der Waals surface area contributed by atoms with Crippen LogP contribution in [0, 0.1) is 6.92 Å². The number of aromatic nitrogens is 1. The van der Waals surface area contributed by atoms with Crippen molar-refractivity contribution in [1.82, 2.24) is 4.98 Å². The fraction of sp³-hybridized carbons (Fsp3) is 0.158. The molecule has 6 heteroatoms. The number of carbonyl (C=O) groups is 1. The highest BCUT2D eigenvalue weighted by Crippen LogP contribution is 2.29. The van der Waals surface area contributed by atoms with Crippen molar-refractivity contribution in [3.05, 3.63) is 69.7 Å². The summed E-state index contributed by atoms with van der Waals surface area (Å²) in [5.41, 5.74) is 3.49. The molecule has 1 aromatic heterocycles. The number of amides is 1. The van der Waals surface area contributed by atoms with Crippen LogP contribution in [0.3, 0.4) is 0 Å². The summed E-state index contributed by atoms with van der Waals surface area (Å²) in [5.74, 6) is -0.208. The van der Waals surface area contributed by atoms with Gasteiger partial charge in [-0.2, -0.15) is 0 Å². The second-order valence-corrected chi connectivity index (χ2v) is 6.91. The van der Waals surface area contributed by atoms with E-state index in [9.17, 15) is 4.79 Å². The van der Waals surface area contributed by atoms with E-state index in [0.717, 1.165) is 12.1 Å². The number of hydrogen-bond donors (Lipinski definition) is 2. The molecule has 3 aromatic rings. The number of carbonyl (C=O) groups excluding carboxylic acids is 1. The van der Waals surface area contributed by atoms with Crippen LogP contribution in [0.2, 0.25) is 5.02 Å². The average molecular weight is 372 g/mol. The van der Waals surface area contributed by atoms with Gasteiger partial charge in [0.15, 0.2) is 5.13 Å². The Balaban J connectivity index is 1.80. The van der Waals surface area contributed by atoms with Gasteiger partial charge in [0.1, 0.15) is 4.88 Å². The van der Waals surface area contributed by atoms with Crippen LogP contribution >= 0.6 is 22.9 Å². The van der Waals surface area contributed by atoms with Crippen LogP contribution in [0.1, 0.15) is 27.9 Å². The first-order chi connectivity index (χ1) is 12.1. The molecule has 0 bridgehead atoms. The van der Waals surface area contributed by atoms with E-state index in [4.69, 9.17) is 11.6 Å². The van der Waals surface area contributed by atoms with E-state index >= 15 is 0 Å². The quantitative estimate of drug-likeness (QED) is 0.608. The summed E-state index contributed by atoms with van der Waals surface area (Å²) in [5, 5.41) is 7.36. The Hall–Kier alpha value is -2.37. The highest BCUT2D eigenvalue weighted by atomic mass is 35.5. The molecule has 1 heterocycles. The molecular formula is C19H18ClN3OS. The fourth-order valence-electron chi connectivity index (χ4n) is 2.47. The number of benzene rings is 2. The summed E-state index contributed by atoms with van der Waals surface area (Å²) < 4.78 is 0. The standard InChI is InChI=1S/C19H18ClN3OS/c1-3-13-8-4-6-10-15(13)23-19-21-12(2)17(25-19)18(24)22-16-11-7-5-9-14(16)20/h4-11H,3H2,1-2H3,(H,21,23)(H,22,24). The summed E-state index contributed by atoms with van der Waals surface area (Å²) in [4.78, 5) is 17.6. The third-order valence-corrected chi connectivity index (χ3v) is 5.17. The number of nitrogens with one attached hydrogen (secondary N) is 2. The van der Waals surface area contributed by atoms with E-state index in [-0.39, 0.29) is 5.91 Å². The maximum atomic E-state index is 12.5. The molecule has 2 N–H and O–H groups in total. The molecule has 0 aliphatic heterocycles. The molecule has 3 rings (SSSR count). The number of thiazole rings is 1. The number of aryl methyl sites for hydroxylation is 2. The molecule has 0 unspecified atom stereocenters. The van der Waals surface area contributed by atoms with Crippen molar-refractivity contribution in [2.75, 3.05) is 10.6 Å². The zero-order valence-corrected chi connectivity index (χ0v) is 15.5. The van der Waals surface area contributed by atoms with Crippen molar-refractivity contribution in [2.45, 2.75) is 20.3 Å². The van der Waals surface area contributed by atoms with E-state index in [0.29, 0.717) is 26.4 Å². The molecule has 1 amide bonds. The lowest BCUT2D eigenvalue weighted by molar-refractivity contribution is 0.103. The minimum absolute atomic E-state index is 0.208. The largest absolute Gasteiger partial charge is 0.331 e. The summed E-state index contributed by atoms with van der Waals surface area (Å²) in [7, 11) is 0. The van der Waals surface area contributed by atoms with Gasteiger partial charge in [0.05, 0.1) is 16.4 Å². The Morgan fingerprint density at radius 3 is 2.52 bits per heavy atom. The van der Waals surface area contributed by atoms with E-state index < -0.39 is 0 Å². The minimum Gasteiger partial charge on any atom is -0.331 e. The van der Waals surface area contributed by atoms with Gasteiger partial charge in [0.2, 0.25) is 0 Å². The predicted octanol–water partition coefficient (Wildman–Crippen LogP) is 5.66. The molecule has 0 fully saturated rings. The van der Waals surface area contributed by atoms with Crippen molar-refractivity contribution < 1.29 is 4.79 Å². The van der Waals surface area contributed by atoms with Crippen molar-refractivity contribution in [3.8, 4) is 0 Å². The summed E-state index contributed by atoms with van der Waals surface area (Å²) in [6, 6.07) is 15.2. The zero-order valence-electron chi connectivity index (χ0n) is 14.0. The third kappa shape index (κ3) is 4.00. The highest BCUT2D eigenvalue weighted by molar-refractivity contribution is 7.17. The van der Waals surface area contributed by atoms with Gasteiger partial charge in [-0.05, 0) is 37.1 Å². The topological polar surface area (TPSA) is 54.0 Å². The number of halogens is 1. The zero-order chi connectivity index (χ0) is 17.8. The third-order valence-electron chi connectivity index (χ3n) is 3.76. The Bertz CT molecular complexity index is 907. The van der Waals surface area contributed by atoms with Crippen LogP contribution in [0.4, 0.5) is 16.5 Å². The van der Waals surface area contributed by atoms with Gasteiger partial charge in [-0.3, -0.25) is 4.79 Å². The molecule has 128 valence electrons. The van der Waals surface area contributed by atoms with Crippen LogP contribution < -0.4 is 10.6 Å². The number of rotatable bonds is 5. The molecule has 0 atom stereocenters. The van der Waals surface area contributed by atoms with Crippen LogP contribution in [0.5, 0.6) is 0 Å². The monoisotopic (exact) mass is 371 g/mol.